The van der Waals surface area contributed by atoms with Crippen LogP contribution in [0.5, 0.6) is 5.75 Å². The standard InChI is InChI=1S/C22H26FNO5/c1-5-6-14-11-22(20(10-18(14)25)28-12-29-22)13(2)7-15-8-16(21(26)24-3)19(27-4)9-17(15)23/h5,8-10,13-14H,1,6-7,11-12H2,2-4H3,(H,24,26)/t13?,14-,22+/m0/s1. The molecule has 156 valence electrons. The summed E-state index contributed by atoms with van der Waals surface area (Å²) in [5, 5.41) is 2.54. The predicted molar refractivity (Wildman–Crippen MR) is 105 cm³/mol. The first-order chi connectivity index (χ1) is 13.9. The number of ether oxygens (including phenoxy) is 3. The summed E-state index contributed by atoms with van der Waals surface area (Å²) in [6.45, 7) is 5.72. The topological polar surface area (TPSA) is 73.9 Å². The molecule has 1 N–H and O–H groups in total. The van der Waals surface area contributed by atoms with Gasteiger partial charge in [0.1, 0.15) is 22.9 Å². The molecule has 1 aromatic carbocycles. The number of carbonyl (C=O) groups is 2. The molecule has 6 nitrogen and oxygen atoms in total. The highest BCUT2D eigenvalue weighted by Crippen LogP contribution is 2.46. The molecular formula is C22H26FNO5. The van der Waals surface area contributed by atoms with Crippen molar-refractivity contribution in [1.82, 2.24) is 5.32 Å². The minimum Gasteiger partial charge on any atom is -0.496 e. The Kier molecular flexibility index (Phi) is 6.07. The highest BCUT2D eigenvalue weighted by molar-refractivity contribution is 5.97. The van der Waals surface area contributed by atoms with Gasteiger partial charge in [-0.25, -0.2) is 4.39 Å². The van der Waals surface area contributed by atoms with E-state index in [0.29, 0.717) is 30.6 Å². The largest absolute Gasteiger partial charge is 0.496 e. The number of methoxy groups -OCH3 is 1. The first kappa shape index (κ1) is 21.0. The number of amides is 1. The Labute approximate surface area is 169 Å². The van der Waals surface area contributed by atoms with Gasteiger partial charge in [0.2, 0.25) is 0 Å². The summed E-state index contributed by atoms with van der Waals surface area (Å²) in [6.07, 6.45) is 4.51. The highest BCUT2D eigenvalue weighted by Gasteiger charge is 2.51. The van der Waals surface area contributed by atoms with Gasteiger partial charge in [0, 0.05) is 25.1 Å². The zero-order valence-electron chi connectivity index (χ0n) is 16.9. The van der Waals surface area contributed by atoms with Crippen molar-refractivity contribution in [3.63, 3.8) is 0 Å². The van der Waals surface area contributed by atoms with Gasteiger partial charge in [-0.2, -0.15) is 0 Å². The van der Waals surface area contributed by atoms with Crippen LogP contribution in [0.15, 0.2) is 36.6 Å². The van der Waals surface area contributed by atoms with Crippen LogP contribution < -0.4 is 10.1 Å². The fourth-order valence-corrected chi connectivity index (χ4v) is 4.15. The van der Waals surface area contributed by atoms with Gasteiger partial charge in [0.25, 0.3) is 5.91 Å². The predicted octanol–water partition coefficient (Wildman–Crippen LogP) is 3.16. The van der Waals surface area contributed by atoms with E-state index in [1.165, 1.54) is 32.4 Å². The molecule has 0 bridgehead atoms. The minimum atomic E-state index is -0.804. The van der Waals surface area contributed by atoms with Crippen LogP contribution in [-0.4, -0.2) is 38.2 Å². The number of hydrogen-bond donors (Lipinski definition) is 1. The molecule has 0 aromatic heterocycles. The summed E-state index contributed by atoms with van der Waals surface area (Å²) >= 11 is 0. The zero-order valence-corrected chi connectivity index (χ0v) is 16.9. The second kappa shape index (κ2) is 8.37. The van der Waals surface area contributed by atoms with E-state index in [0.717, 1.165) is 0 Å². The Bertz CT molecular complexity index is 865. The van der Waals surface area contributed by atoms with Crippen LogP contribution in [0, 0.1) is 17.7 Å². The van der Waals surface area contributed by atoms with Crippen LogP contribution in [0.2, 0.25) is 0 Å². The second-order valence-corrected chi connectivity index (χ2v) is 7.46. The average molecular weight is 403 g/mol. The minimum absolute atomic E-state index is 0.00856. The smallest absolute Gasteiger partial charge is 0.254 e. The molecule has 0 radical (unpaired) electrons. The number of carbonyl (C=O) groups excluding carboxylic acids is 2. The van der Waals surface area contributed by atoms with Crippen molar-refractivity contribution < 1.29 is 28.2 Å². The molecule has 3 atom stereocenters. The van der Waals surface area contributed by atoms with Gasteiger partial charge in [-0.15, -0.1) is 6.58 Å². The number of fused-ring (bicyclic) bond motifs is 1. The normalized spacial score (nSPS) is 24.2. The fraction of sp³-hybridized carbons (Fsp3) is 0.455. The van der Waals surface area contributed by atoms with E-state index >= 15 is 0 Å². The summed E-state index contributed by atoms with van der Waals surface area (Å²) in [4.78, 5) is 24.5. The number of allylic oxidation sites excluding steroid dienone is 2. The van der Waals surface area contributed by atoms with Crippen molar-refractivity contribution in [2.24, 2.45) is 11.8 Å². The van der Waals surface area contributed by atoms with Crippen LogP contribution in [0.1, 0.15) is 35.7 Å². The van der Waals surface area contributed by atoms with E-state index in [1.54, 1.807) is 6.08 Å². The molecule has 0 spiro atoms. The lowest BCUT2D eigenvalue weighted by molar-refractivity contribution is -0.123. The van der Waals surface area contributed by atoms with Crippen molar-refractivity contribution in [1.29, 1.82) is 0 Å². The maximum Gasteiger partial charge on any atom is 0.254 e. The second-order valence-electron chi connectivity index (χ2n) is 7.46. The van der Waals surface area contributed by atoms with Crippen LogP contribution in [-0.2, 0) is 20.7 Å². The number of hydrogen-bond acceptors (Lipinski definition) is 5. The lowest BCUT2D eigenvalue weighted by Gasteiger charge is -2.38. The Hall–Kier alpha value is -2.67. The molecule has 1 fully saturated rings. The molecule has 7 heteroatoms. The number of nitrogens with one attached hydrogen (secondary N) is 1. The van der Waals surface area contributed by atoms with E-state index in [9.17, 15) is 14.0 Å². The van der Waals surface area contributed by atoms with Crippen molar-refractivity contribution >= 4 is 11.7 Å². The van der Waals surface area contributed by atoms with Gasteiger partial charge in [-0.05, 0) is 36.8 Å². The lowest BCUT2D eigenvalue weighted by Crippen LogP contribution is -2.45. The van der Waals surface area contributed by atoms with Crippen molar-refractivity contribution in [2.45, 2.75) is 31.8 Å². The van der Waals surface area contributed by atoms with E-state index < -0.39 is 11.4 Å². The van der Waals surface area contributed by atoms with Gasteiger partial charge < -0.3 is 19.5 Å². The Balaban J connectivity index is 1.94. The third-order valence-electron chi connectivity index (χ3n) is 5.79. The number of halogens is 1. The Morgan fingerprint density at radius 2 is 2.28 bits per heavy atom. The number of benzene rings is 1. The van der Waals surface area contributed by atoms with Crippen molar-refractivity contribution in [3.8, 4) is 5.75 Å². The van der Waals surface area contributed by atoms with Crippen LogP contribution in [0.4, 0.5) is 4.39 Å². The molecule has 1 saturated heterocycles. The average Bonchev–Trinajstić information content (AvgIpc) is 3.12. The Morgan fingerprint density at radius 3 is 2.93 bits per heavy atom. The molecule has 29 heavy (non-hydrogen) atoms. The van der Waals surface area contributed by atoms with Crippen LogP contribution in [0.25, 0.3) is 0 Å². The quantitative estimate of drug-likeness (QED) is 0.708. The number of ketones is 1. The monoisotopic (exact) mass is 403 g/mol. The molecule has 1 aromatic rings. The van der Waals surface area contributed by atoms with Crippen molar-refractivity contribution in [2.75, 3.05) is 21.0 Å². The summed E-state index contributed by atoms with van der Waals surface area (Å²) in [7, 11) is 2.90. The third kappa shape index (κ3) is 3.79. The molecule has 1 unspecified atom stereocenters. The summed E-state index contributed by atoms with van der Waals surface area (Å²) in [6, 6.07) is 2.73. The molecule has 3 rings (SSSR count). The maximum absolute atomic E-state index is 14.7. The highest BCUT2D eigenvalue weighted by atomic mass is 19.1. The molecule has 1 aliphatic carbocycles. The van der Waals surface area contributed by atoms with Crippen LogP contribution >= 0.6 is 0 Å². The lowest BCUT2D eigenvalue weighted by atomic mass is 9.71. The fourth-order valence-electron chi connectivity index (χ4n) is 4.15. The summed E-state index contributed by atoms with van der Waals surface area (Å²) < 4.78 is 31.5. The molecule has 1 heterocycles. The van der Waals surface area contributed by atoms with E-state index in [2.05, 4.69) is 11.9 Å². The van der Waals surface area contributed by atoms with Gasteiger partial charge in [-0.3, -0.25) is 9.59 Å². The maximum atomic E-state index is 14.7. The summed E-state index contributed by atoms with van der Waals surface area (Å²) in [5.41, 5.74) is -0.168. The number of rotatable bonds is 7. The van der Waals surface area contributed by atoms with E-state index in [-0.39, 0.29) is 41.6 Å². The van der Waals surface area contributed by atoms with Crippen molar-refractivity contribution in [3.05, 3.63) is 53.6 Å². The first-order valence-electron chi connectivity index (χ1n) is 9.58. The van der Waals surface area contributed by atoms with E-state index in [1.807, 2.05) is 6.92 Å². The molecule has 1 aliphatic heterocycles. The Morgan fingerprint density at radius 1 is 1.52 bits per heavy atom. The van der Waals surface area contributed by atoms with Gasteiger partial charge in [0.15, 0.2) is 12.6 Å². The van der Waals surface area contributed by atoms with E-state index in [4.69, 9.17) is 14.2 Å². The van der Waals surface area contributed by atoms with Gasteiger partial charge >= 0.3 is 0 Å². The SMILES string of the molecule is C=CC[C@H]1C[C@]2(C(C)Cc3cc(C(=O)NC)c(OC)cc3F)OCOC2=CC1=O. The molecular weight excluding hydrogens is 377 g/mol. The third-order valence-corrected chi connectivity index (χ3v) is 5.79. The zero-order chi connectivity index (χ0) is 21.2. The summed E-state index contributed by atoms with van der Waals surface area (Å²) in [5.74, 6) is -0.603. The van der Waals surface area contributed by atoms with Crippen LogP contribution in [0.3, 0.4) is 0 Å². The first-order valence-corrected chi connectivity index (χ1v) is 9.58. The van der Waals surface area contributed by atoms with Gasteiger partial charge in [0.05, 0.1) is 12.7 Å². The molecule has 1 amide bonds. The van der Waals surface area contributed by atoms with Gasteiger partial charge in [-0.1, -0.05) is 13.0 Å². The molecule has 2 aliphatic rings. The molecule has 0 saturated carbocycles.